The highest BCUT2D eigenvalue weighted by molar-refractivity contribution is 6.30. The Kier molecular flexibility index (Phi) is 6.22. The monoisotopic (exact) mass is 394 g/mol. The van der Waals surface area contributed by atoms with E-state index in [0.29, 0.717) is 16.8 Å². The molecule has 0 saturated carbocycles. The third-order valence-electron chi connectivity index (χ3n) is 3.95. The first kappa shape index (κ1) is 20.4. The van der Waals surface area contributed by atoms with Crippen LogP contribution in [-0.4, -0.2) is 34.4 Å². The van der Waals surface area contributed by atoms with E-state index in [1.54, 1.807) is 20.8 Å². The van der Waals surface area contributed by atoms with E-state index in [2.05, 4.69) is 4.98 Å². The van der Waals surface area contributed by atoms with Gasteiger partial charge >= 0.3 is 11.7 Å². The van der Waals surface area contributed by atoms with E-state index < -0.39 is 22.8 Å². The summed E-state index contributed by atoms with van der Waals surface area (Å²) in [6.07, 6.45) is -1.03. The van der Waals surface area contributed by atoms with E-state index in [9.17, 15) is 19.7 Å². The van der Waals surface area contributed by atoms with Crippen LogP contribution < -0.4 is 4.74 Å². The van der Waals surface area contributed by atoms with Gasteiger partial charge in [0.15, 0.2) is 11.9 Å². The number of aromatic amines is 1. The standard InChI is InChI=1S/C18H19ClN2O6/c1-5-26-18(23)15-9(2)16(20-10(15)3)17(22)11(4)27-14-7-6-12(19)8-13(14)21(24)25/h6-8,11,20H,5H2,1-4H3/t11-/m0/s1. The Morgan fingerprint density at radius 1 is 1.33 bits per heavy atom. The molecule has 9 heteroatoms. The van der Waals surface area contributed by atoms with Crippen molar-refractivity contribution in [2.24, 2.45) is 0 Å². The van der Waals surface area contributed by atoms with E-state index >= 15 is 0 Å². The summed E-state index contributed by atoms with van der Waals surface area (Å²) >= 11 is 5.78. The van der Waals surface area contributed by atoms with Gasteiger partial charge < -0.3 is 14.5 Å². The number of halogens is 1. The van der Waals surface area contributed by atoms with Crippen LogP contribution in [0.2, 0.25) is 5.02 Å². The maximum absolute atomic E-state index is 12.8. The molecular formula is C18H19ClN2O6. The minimum atomic E-state index is -1.03. The Bertz CT molecular complexity index is 905. The first-order valence-corrected chi connectivity index (χ1v) is 8.56. The SMILES string of the molecule is CCOC(=O)c1c(C)[nH]c(C(=O)[C@H](C)Oc2ccc(Cl)cc2[N+](=O)[O-])c1C. The minimum absolute atomic E-state index is 0.0724. The second-order valence-electron chi connectivity index (χ2n) is 5.84. The lowest BCUT2D eigenvalue weighted by Gasteiger charge is -2.14. The average Bonchev–Trinajstić information content (AvgIpc) is 2.90. The summed E-state index contributed by atoms with van der Waals surface area (Å²) in [5.74, 6) is -1.04. The summed E-state index contributed by atoms with van der Waals surface area (Å²) in [7, 11) is 0. The fraction of sp³-hybridized carbons (Fsp3) is 0.333. The molecule has 0 radical (unpaired) electrons. The second kappa shape index (κ2) is 8.22. The number of benzene rings is 1. The van der Waals surface area contributed by atoms with Gasteiger partial charge in [-0.1, -0.05) is 11.6 Å². The Labute approximate surface area is 160 Å². The van der Waals surface area contributed by atoms with Gasteiger partial charge in [-0.3, -0.25) is 14.9 Å². The van der Waals surface area contributed by atoms with Gasteiger partial charge in [-0.05, 0) is 45.4 Å². The molecule has 1 atom stereocenters. The van der Waals surface area contributed by atoms with Crippen molar-refractivity contribution < 1.29 is 24.0 Å². The van der Waals surface area contributed by atoms with Crippen LogP contribution in [0.25, 0.3) is 0 Å². The smallest absolute Gasteiger partial charge is 0.340 e. The van der Waals surface area contributed by atoms with Crippen LogP contribution in [0.3, 0.4) is 0 Å². The van der Waals surface area contributed by atoms with Gasteiger partial charge in [0.05, 0.1) is 22.8 Å². The molecule has 8 nitrogen and oxygen atoms in total. The highest BCUT2D eigenvalue weighted by Crippen LogP contribution is 2.31. The van der Waals surface area contributed by atoms with E-state index in [0.717, 1.165) is 6.07 Å². The van der Waals surface area contributed by atoms with Crippen molar-refractivity contribution in [3.63, 3.8) is 0 Å². The fourth-order valence-electron chi connectivity index (χ4n) is 2.69. The zero-order chi connectivity index (χ0) is 20.3. The molecule has 0 unspecified atom stereocenters. The van der Waals surface area contributed by atoms with Gasteiger partial charge in [-0.2, -0.15) is 0 Å². The molecule has 2 rings (SSSR count). The molecule has 0 bridgehead atoms. The third-order valence-corrected chi connectivity index (χ3v) is 4.19. The topological polar surface area (TPSA) is 112 Å². The van der Waals surface area contributed by atoms with Crippen LogP contribution in [0, 0.1) is 24.0 Å². The van der Waals surface area contributed by atoms with Crippen LogP contribution >= 0.6 is 11.6 Å². The molecule has 2 aromatic rings. The van der Waals surface area contributed by atoms with Crippen molar-refractivity contribution in [2.45, 2.75) is 33.8 Å². The molecule has 1 aromatic heterocycles. The number of ether oxygens (including phenoxy) is 2. The highest BCUT2D eigenvalue weighted by Gasteiger charge is 2.28. The van der Waals surface area contributed by atoms with Crippen molar-refractivity contribution in [3.8, 4) is 5.75 Å². The van der Waals surface area contributed by atoms with Gasteiger partial charge in [0.1, 0.15) is 0 Å². The van der Waals surface area contributed by atoms with Gasteiger partial charge in [-0.25, -0.2) is 4.79 Å². The number of aryl methyl sites for hydroxylation is 1. The zero-order valence-electron chi connectivity index (χ0n) is 15.3. The Morgan fingerprint density at radius 2 is 2.00 bits per heavy atom. The summed E-state index contributed by atoms with van der Waals surface area (Å²) in [6, 6.07) is 3.92. The maximum Gasteiger partial charge on any atom is 0.340 e. The number of nitro benzene ring substituents is 1. The average molecular weight is 395 g/mol. The third kappa shape index (κ3) is 4.28. The number of nitro groups is 1. The molecular weight excluding hydrogens is 376 g/mol. The van der Waals surface area contributed by atoms with Crippen LogP contribution in [0.1, 0.15) is 46.0 Å². The lowest BCUT2D eigenvalue weighted by atomic mass is 10.1. The van der Waals surface area contributed by atoms with Crippen molar-refractivity contribution in [2.75, 3.05) is 6.61 Å². The van der Waals surface area contributed by atoms with E-state index in [4.69, 9.17) is 21.1 Å². The Balaban J connectivity index is 2.30. The summed E-state index contributed by atoms with van der Waals surface area (Å²) in [5.41, 5.74) is 1.09. The lowest BCUT2D eigenvalue weighted by Crippen LogP contribution is -2.25. The van der Waals surface area contributed by atoms with Gasteiger partial charge in [0.2, 0.25) is 5.78 Å². The molecule has 0 aliphatic rings. The molecule has 0 aliphatic carbocycles. The normalized spacial score (nSPS) is 11.7. The van der Waals surface area contributed by atoms with Crippen LogP contribution in [0.5, 0.6) is 5.75 Å². The number of carbonyl (C=O) groups is 2. The number of nitrogens with one attached hydrogen (secondary N) is 1. The number of ketones is 1. The molecule has 144 valence electrons. The number of aromatic nitrogens is 1. The molecule has 0 fully saturated rings. The lowest BCUT2D eigenvalue weighted by molar-refractivity contribution is -0.386. The summed E-state index contributed by atoms with van der Waals surface area (Å²) in [5, 5.41) is 11.3. The van der Waals surface area contributed by atoms with E-state index in [-0.39, 0.29) is 28.8 Å². The number of Topliss-reactive ketones (excluding diaryl/α,β-unsaturated/α-hetero) is 1. The number of esters is 1. The van der Waals surface area contributed by atoms with Gasteiger partial charge in [0.25, 0.3) is 0 Å². The minimum Gasteiger partial charge on any atom is -0.475 e. The van der Waals surface area contributed by atoms with Crippen molar-refractivity contribution in [1.29, 1.82) is 0 Å². The van der Waals surface area contributed by atoms with Gasteiger partial charge in [-0.15, -0.1) is 0 Å². The number of nitrogens with zero attached hydrogens (tertiary/aromatic N) is 1. The first-order valence-electron chi connectivity index (χ1n) is 8.18. The number of rotatable bonds is 7. The van der Waals surface area contributed by atoms with Crippen LogP contribution in [-0.2, 0) is 4.74 Å². The van der Waals surface area contributed by atoms with Crippen LogP contribution in [0.4, 0.5) is 5.69 Å². The number of H-pyrrole nitrogens is 1. The quantitative estimate of drug-likeness (QED) is 0.328. The first-order chi connectivity index (χ1) is 12.7. The number of hydrogen-bond acceptors (Lipinski definition) is 6. The number of carbonyl (C=O) groups excluding carboxylic acids is 2. The van der Waals surface area contributed by atoms with Crippen molar-refractivity contribution >= 4 is 29.0 Å². The highest BCUT2D eigenvalue weighted by atomic mass is 35.5. The summed E-state index contributed by atoms with van der Waals surface area (Å²) < 4.78 is 10.5. The maximum atomic E-state index is 12.8. The second-order valence-corrected chi connectivity index (χ2v) is 6.28. The number of hydrogen-bond donors (Lipinski definition) is 1. The molecule has 0 aliphatic heterocycles. The predicted molar refractivity (Wildman–Crippen MR) is 98.8 cm³/mol. The van der Waals surface area contributed by atoms with Crippen LogP contribution in [0.15, 0.2) is 18.2 Å². The summed E-state index contributed by atoms with van der Waals surface area (Å²) in [4.78, 5) is 38.2. The van der Waals surface area contributed by atoms with Crippen molar-refractivity contribution in [1.82, 2.24) is 4.98 Å². The molecule has 1 aromatic carbocycles. The molecule has 1 N–H and O–H groups in total. The Hall–Kier alpha value is -2.87. The Morgan fingerprint density at radius 3 is 2.59 bits per heavy atom. The van der Waals surface area contributed by atoms with Crippen molar-refractivity contribution in [3.05, 3.63) is 55.9 Å². The van der Waals surface area contributed by atoms with E-state index in [1.165, 1.54) is 19.1 Å². The fourth-order valence-corrected chi connectivity index (χ4v) is 2.85. The summed E-state index contributed by atoms with van der Waals surface area (Å²) in [6.45, 7) is 6.66. The molecule has 0 amide bonds. The van der Waals surface area contributed by atoms with E-state index in [1.807, 2.05) is 0 Å². The molecule has 0 saturated heterocycles. The van der Waals surface area contributed by atoms with Gasteiger partial charge in [0, 0.05) is 16.8 Å². The zero-order valence-corrected chi connectivity index (χ0v) is 16.0. The molecule has 27 heavy (non-hydrogen) atoms. The molecule has 1 heterocycles. The predicted octanol–water partition coefficient (Wildman–Crippen LogP) is 4.02. The molecule has 0 spiro atoms. The largest absolute Gasteiger partial charge is 0.475 e.